The number of rotatable bonds is 9. The molecule has 18 heteroatoms. The molecular formula is C18H17N6NaO8S3. The van der Waals surface area contributed by atoms with E-state index in [1.807, 2.05) is 0 Å². The minimum absolute atomic E-state index is 0. The zero-order valence-electron chi connectivity index (χ0n) is 18.5. The van der Waals surface area contributed by atoms with Crippen molar-refractivity contribution < 1.29 is 67.1 Å². The number of aliphatic hydroxyl groups is 1. The van der Waals surface area contributed by atoms with Gasteiger partial charge in [0, 0.05) is 11.5 Å². The Hall–Kier alpha value is -1.99. The van der Waals surface area contributed by atoms with E-state index in [0.29, 0.717) is 11.1 Å². The topological polar surface area (TPSA) is 208 Å². The van der Waals surface area contributed by atoms with Gasteiger partial charge in [-0.15, -0.1) is 16.9 Å². The van der Waals surface area contributed by atoms with Crippen LogP contribution in [-0.4, -0.2) is 89.0 Å². The van der Waals surface area contributed by atoms with Crippen molar-refractivity contribution in [2.75, 3.05) is 11.5 Å². The second-order valence-corrected chi connectivity index (χ2v) is 10.8. The average Bonchev–Trinajstić information content (AvgIpc) is 3.25. The molecule has 2 amide bonds. The second-order valence-electron chi connectivity index (χ2n) is 7.40. The molecule has 36 heavy (non-hydrogen) atoms. The number of fused-ring (bicyclic) bond motifs is 1. The molecule has 2 aromatic rings. The minimum Gasteiger partial charge on any atom is -0.747 e. The smallest absolute Gasteiger partial charge is 0.747 e. The standard InChI is InChI=1S/C18H18N6O8S3.Na/c25-13(9-4-2-1-3-5-9)14(26)19-11-15(27)24-12(17(28)29)10(6-33-16(11)24)7-34-18-20-21-22-23(18)8-35(30,31)32;/h1-5,11,13,16,25H,6-8H2,(H,19,26)(H,28,29)(H,30,31,32);/q;+1/p-1/t11?,13-,16-;/m1./s1. The molecule has 4 rings (SSSR count). The molecule has 0 spiro atoms. The second kappa shape index (κ2) is 11.6. The predicted molar refractivity (Wildman–Crippen MR) is 119 cm³/mol. The van der Waals surface area contributed by atoms with E-state index in [1.54, 1.807) is 30.3 Å². The number of β-lactam (4-membered cyclic amide) rings is 1. The van der Waals surface area contributed by atoms with Crippen LogP contribution in [0, 0.1) is 0 Å². The van der Waals surface area contributed by atoms with Crippen LogP contribution in [0.2, 0.25) is 0 Å². The first-order valence-corrected chi connectivity index (χ1v) is 13.4. The molecule has 1 saturated heterocycles. The van der Waals surface area contributed by atoms with Gasteiger partial charge in [-0.3, -0.25) is 14.5 Å². The van der Waals surface area contributed by atoms with Gasteiger partial charge in [0.15, 0.2) is 6.10 Å². The van der Waals surface area contributed by atoms with E-state index >= 15 is 0 Å². The molecule has 3 N–H and O–H groups in total. The zero-order chi connectivity index (χ0) is 25.3. The molecule has 1 unspecified atom stereocenters. The third-order valence-electron chi connectivity index (χ3n) is 5.07. The Balaban J connectivity index is 0.00000361. The Bertz CT molecular complexity index is 1300. The summed E-state index contributed by atoms with van der Waals surface area (Å²) >= 11 is 2.14. The maximum Gasteiger partial charge on any atom is 1.00 e. The Morgan fingerprint density at radius 2 is 2.00 bits per heavy atom. The molecule has 0 radical (unpaired) electrons. The quantitative estimate of drug-likeness (QED) is 0.114. The summed E-state index contributed by atoms with van der Waals surface area (Å²) in [7, 11) is -4.65. The van der Waals surface area contributed by atoms with Crippen LogP contribution in [0.5, 0.6) is 0 Å². The fraction of sp³-hybridized carbons (Fsp3) is 0.333. The number of benzene rings is 1. The number of aliphatic carboxylic acids is 1. The fourth-order valence-corrected chi connectivity index (χ4v) is 6.41. The van der Waals surface area contributed by atoms with Crippen LogP contribution in [0.3, 0.4) is 0 Å². The third-order valence-corrected chi connectivity index (χ3v) is 8.01. The maximum atomic E-state index is 12.8. The van der Waals surface area contributed by atoms with Crippen LogP contribution in [-0.2, 0) is 30.4 Å². The zero-order valence-corrected chi connectivity index (χ0v) is 23.0. The fourth-order valence-electron chi connectivity index (χ4n) is 3.50. The number of thioether (sulfide) groups is 2. The predicted octanol–water partition coefficient (Wildman–Crippen LogP) is -4.26. The van der Waals surface area contributed by atoms with Crippen LogP contribution in [0.25, 0.3) is 0 Å². The Kier molecular flexibility index (Phi) is 9.20. The van der Waals surface area contributed by atoms with Crippen molar-refractivity contribution in [3.8, 4) is 0 Å². The normalized spacial score (nSPS) is 20.2. The molecular weight excluding hydrogens is 547 g/mol. The van der Waals surface area contributed by atoms with Crippen LogP contribution in [0.4, 0.5) is 0 Å². The van der Waals surface area contributed by atoms with E-state index in [9.17, 15) is 37.6 Å². The molecule has 3 heterocycles. The number of carbonyl (C=O) groups is 3. The molecule has 0 saturated carbocycles. The number of carboxylic acids is 1. The van der Waals surface area contributed by atoms with E-state index in [-0.39, 0.29) is 51.9 Å². The summed E-state index contributed by atoms with van der Waals surface area (Å²) in [6.07, 6.45) is -1.49. The van der Waals surface area contributed by atoms with Gasteiger partial charge < -0.3 is 20.1 Å². The van der Waals surface area contributed by atoms with Crippen molar-refractivity contribution in [3.05, 3.63) is 47.2 Å². The number of tetrazole rings is 1. The largest absolute Gasteiger partial charge is 1.00 e. The van der Waals surface area contributed by atoms with Crippen molar-refractivity contribution in [2.24, 2.45) is 0 Å². The van der Waals surface area contributed by atoms with E-state index < -0.39 is 51.3 Å². The molecule has 1 aromatic heterocycles. The van der Waals surface area contributed by atoms with E-state index in [2.05, 4.69) is 20.8 Å². The number of carboxylic acid groups (broad SMARTS) is 1. The molecule has 2 aliphatic rings. The Labute approximate surface area is 234 Å². The molecule has 14 nitrogen and oxygen atoms in total. The number of aliphatic hydroxyl groups excluding tert-OH is 1. The number of hydrogen-bond donors (Lipinski definition) is 3. The third kappa shape index (κ3) is 6.10. The number of hydrogen-bond acceptors (Lipinski definition) is 12. The molecule has 0 aliphatic carbocycles. The maximum absolute atomic E-state index is 12.8. The van der Waals surface area contributed by atoms with Gasteiger partial charge in [0.25, 0.3) is 11.8 Å². The summed E-state index contributed by atoms with van der Waals surface area (Å²) in [6.45, 7) is 0. The number of carbonyl (C=O) groups excluding carboxylic acids is 2. The first-order valence-electron chi connectivity index (χ1n) is 9.82. The van der Waals surface area contributed by atoms with Gasteiger partial charge in [-0.2, -0.15) is 0 Å². The van der Waals surface area contributed by atoms with Crippen LogP contribution < -0.4 is 34.9 Å². The SMILES string of the molecule is O=C(O)C1=C(CSc2nnnn2CS(=O)(=O)[O-])CS[C@@H]2C(NC(=O)[C@H](O)c3ccccc3)C(=O)N12.[Na+]. The van der Waals surface area contributed by atoms with E-state index in [4.69, 9.17) is 0 Å². The van der Waals surface area contributed by atoms with Crippen molar-refractivity contribution in [1.82, 2.24) is 30.4 Å². The minimum atomic E-state index is -4.65. The van der Waals surface area contributed by atoms with E-state index in [1.165, 1.54) is 11.8 Å². The van der Waals surface area contributed by atoms with Gasteiger partial charge >= 0.3 is 35.5 Å². The molecule has 3 atom stereocenters. The monoisotopic (exact) mass is 564 g/mol. The summed E-state index contributed by atoms with van der Waals surface area (Å²) in [5.41, 5.74) is 0.448. The van der Waals surface area contributed by atoms with Crippen molar-refractivity contribution in [1.29, 1.82) is 0 Å². The van der Waals surface area contributed by atoms with Crippen molar-refractivity contribution in [3.63, 3.8) is 0 Å². The van der Waals surface area contributed by atoms with E-state index in [0.717, 1.165) is 21.3 Å². The van der Waals surface area contributed by atoms with Crippen LogP contribution in [0.1, 0.15) is 11.7 Å². The van der Waals surface area contributed by atoms with Gasteiger partial charge in [0.1, 0.15) is 33.1 Å². The number of aromatic nitrogens is 4. The first kappa shape index (κ1) is 28.6. The van der Waals surface area contributed by atoms with Crippen molar-refractivity contribution in [2.45, 2.75) is 28.6 Å². The van der Waals surface area contributed by atoms with Gasteiger partial charge in [-0.25, -0.2) is 17.9 Å². The summed E-state index contributed by atoms with van der Waals surface area (Å²) in [6, 6.07) is 7.14. The first-order chi connectivity index (χ1) is 16.6. The average molecular weight is 565 g/mol. The molecule has 0 bridgehead atoms. The summed E-state index contributed by atoms with van der Waals surface area (Å²) < 4.78 is 33.8. The van der Waals surface area contributed by atoms with Crippen LogP contribution in [0.15, 0.2) is 46.8 Å². The van der Waals surface area contributed by atoms with Gasteiger partial charge in [-0.05, 0) is 21.6 Å². The van der Waals surface area contributed by atoms with Crippen LogP contribution >= 0.6 is 23.5 Å². The molecule has 1 fully saturated rings. The number of amides is 2. The summed E-state index contributed by atoms with van der Waals surface area (Å²) in [5.74, 6) is -3.55. The van der Waals surface area contributed by atoms with Crippen molar-refractivity contribution >= 4 is 51.4 Å². The van der Waals surface area contributed by atoms with Gasteiger partial charge in [0.2, 0.25) is 5.16 Å². The van der Waals surface area contributed by atoms with Gasteiger partial charge in [-0.1, -0.05) is 42.1 Å². The Morgan fingerprint density at radius 1 is 1.31 bits per heavy atom. The molecule has 2 aliphatic heterocycles. The summed E-state index contributed by atoms with van der Waals surface area (Å²) in [5, 5.41) is 32.2. The summed E-state index contributed by atoms with van der Waals surface area (Å²) in [4.78, 5) is 38.3. The molecule has 186 valence electrons. The number of nitrogens with zero attached hydrogens (tertiary/aromatic N) is 5. The molecule has 1 aromatic carbocycles. The van der Waals surface area contributed by atoms with Gasteiger partial charge in [0.05, 0.1) is 0 Å². The Morgan fingerprint density at radius 3 is 2.64 bits per heavy atom. The number of nitrogens with one attached hydrogen (secondary N) is 1.